The van der Waals surface area contributed by atoms with Crippen molar-refractivity contribution in [2.45, 2.75) is 39.7 Å². The van der Waals surface area contributed by atoms with Crippen LogP contribution in [-0.4, -0.2) is 53.7 Å². The molecule has 2 amide bonds. The Hall–Kier alpha value is -1.79. The number of hydrogen-bond donors (Lipinski definition) is 2. The third-order valence-electron chi connectivity index (χ3n) is 2.46. The first-order valence-electron chi connectivity index (χ1n) is 6.33. The maximum Gasteiger partial charge on any atom is 0.325 e. The number of ether oxygens (including phenoxy) is 1. The summed E-state index contributed by atoms with van der Waals surface area (Å²) < 4.78 is 4.77. The molecule has 0 saturated carbocycles. The van der Waals surface area contributed by atoms with Gasteiger partial charge in [-0.3, -0.25) is 9.59 Å². The molecule has 19 heavy (non-hydrogen) atoms. The average Bonchev–Trinajstić information content (AvgIpc) is 2.33. The first kappa shape index (κ1) is 17.2. The zero-order chi connectivity index (χ0) is 14.8. The monoisotopic (exact) mass is 274 g/mol. The highest BCUT2D eigenvalue weighted by Crippen LogP contribution is 1.99. The number of nitrogens with one attached hydrogen (secondary N) is 1. The van der Waals surface area contributed by atoms with Gasteiger partial charge in [-0.1, -0.05) is 0 Å². The molecule has 0 aliphatic rings. The smallest absolute Gasteiger partial charge is 0.325 e. The van der Waals surface area contributed by atoms with Gasteiger partial charge in [0.15, 0.2) is 0 Å². The molecule has 7 heteroatoms. The Labute approximate surface area is 112 Å². The summed E-state index contributed by atoms with van der Waals surface area (Å²) >= 11 is 0. The second-order valence-electron chi connectivity index (χ2n) is 4.10. The van der Waals surface area contributed by atoms with Crippen LogP contribution < -0.4 is 5.32 Å². The number of nitrogens with zero attached hydrogens (tertiary/aromatic N) is 1. The number of rotatable bonds is 8. The van der Waals surface area contributed by atoms with Crippen LogP contribution in [0.1, 0.15) is 33.6 Å². The van der Waals surface area contributed by atoms with E-state index in [4.69, 9.17) is 9.84 Å². The highest BCUT2D eigenvalue weighted by atomic mass is 16.5. The number of carboxylic acid groups (broad SMARTS) is 1. The van der Waals surface area contributed by atoms with Crippen molar-refractivity contribution in [2.75, 3.05) is 19.7 Å². The third kappa shape index (κ3) is 8.01. The van der Waals surface area contributed by atoms with E-state index in [9.17, 15) is 14.4 Å². The number of hydrogen-bond acceptors (Lipinski definition) is 4. The SMILES string of the molecule is CCOC(=O)CN(CC)C(=O)NC(C)CCC(=O)O. The second-order valence-corrected chi connectivity index (χ2v) is 4.10. The summed E-state index contributed by atoms with van der Waals surface area (Å²) in [6.07, 6.45) is 0.337. The van der Waals surface area contributed by atoms with Crippen molar-refractivity contribution < 1.29 is 24.2 Å². The fourth-order valence-electron chi connectivity index (χ4n) is 1.40. The predicted octanol–water partition coefficient (Wildman–Crippen LogP) is 0.834. The molecule has 0 aliphatic heterocycles. The van der Waals surface area contributed by atoms with E-state index in [1.54, 1.807) is 20.8 Å². The van der Waals surface area contributed by atoms with E-state index >= 15 is 0 Å². The van der Waals surface area contributed by atoms with Crippen molar-refractivity contribution in [3.8, 4) is 0 Å². The zero-order valence-corrected chi connectivity index (χ0v) is 11.6. The first-order valence-corrected chi connectivity index (χ1v) is 6.33. The Kier molecular flexibility index (Phi) is 8.32. The maximum absolute atomic E-state index is 11.8. The summed E-state index contributed by atoms with van der Waals surface area (Å²) in [4.78, 5) is 34.9. The molecule has 0 aromatic carbocycles. The summed E-state index contributed by atoms with van der Waals surface area (Å²) in [7, 11) is 0. The number of carboxylic acids is 1. The van der Waals surface area contributed by atoms with Gasteiger partial charge in [-0.2, -0.15) is 0 Å². The van der Waals surface area contributed by atoms with Crippen LogP contribution in [0.4, 0.5) is 4.79 Å². The van der Waals surface area contributed by atoms with Crippen LogP contribution in [0, 0.1) is 0 Å². The molecule has 0 radical (unpaired) electrons. The minimum absolute atomic E-state index is 0.00848. The molecule has 110 valence electrons. The molecular formula is C12H22N2O5. The lowest BCUT2D eigenvalue weighted by Gasteiger charge is -2.22. The van der Waals surface area contributed by atoms with Gasteiger partial charge in [0, 0.05) is 19.0 Å². The lowest BCUT2D eigenvalue weighted by Crippen LogP contribution is -2.46. The quantitative estimate of drug-likeness (QED) is 0.639. The van der Waals surface area contributed by atoms with E-state index in [2.05, 4.69) is 5.32 Å². The number of amides is 2. The van der Waals surface area contributed by atoms with Crippen LogP contribution in [-0.2, 0) is 14.3 Å². The molecule has 0 fully saturated rings. The van der Waals surface area contributed by atoms with Crippen molar-refractivity contribution in [3.05, 3.63) is 0 Å². The van der Waals surface area contributed by atoms with Crippen molar-refractivity contribution >= 4 is 18.0 Å². The van der Waals surface area contributed by atoms with E-state index in [0.717, 1.165) is 0 Å². The molecule has 0 aromatic heterocycles. The molecule has 0 aliphatic carbocycles. The van der Waals surface area contributed by atoms with Crippen LogP contribution in [0.3, 0.4) is 0 Å². The summed E-state index contributed by atoms with van der Waals surface area (Å²) in [6, 6.07) is -0.659. The molecule has 0 heterocycles. The van der Waals surface area contributed by atoms with Gasteiger partial charge < -0.3 is 20.1 Å². The second kappa shape index (κ2) is 9.18. The van der Waals surface area contributed by atoms with Crippen molar-refractivity contribution in [3.63, 3.8) is 0 Å². The summed E-state index contributed by atoms with van der Waals surface area (Å²) in [5, 5.41) is 11.2. The number of aliphatic carboxylic acids is 1. The van der Waals surface area contributed by atoms with Crippen LogP contribution in [0.5, 0.6) is 0 Å². The molecule has 1 atom stereocenters. The molecule has 0 spiro atoms. The highest BCUT2D eigenvalue weighted by Gasteiger charge is 2.18. The number of carbonyl (C=O) groups is 3. The van der Waals surface area contributed by atoms with Gasteiger partial charge in [-0.05, 0) is 27.2 Å². The van der Waals surface area contributed by atoms with E-state index in [1.165, 1.54) is 4.90 Å². The third-order valence-corrected chi connectivity index (χ3v) is 2.46. The van der Waals surface area contributed by atoms with E-state index in [1.807, 2.05) is 0 Å². The highest BCUT2D eigenvalue weighted by molar-refractivity contribution is 5.81. The van der Waals surface area contributed by atoms with Gasteiger partial charge in [-0.15, -0.1) is 0 Å². The average molecular weight is 274 g/mol. The molecule has 0 rings (SSSR count). The topological polar surface area (TPSA) is 95.9 Å². The number of likely N-dealkylation sites (N-methyl/N-ethyl adjacent to an activating group) is 1. The van der Waals surface area contributed by atoms with Gasteiger partial charge >= 0.3 is 18.0 Å². The normalized spacial score (nSPS) is 11.5. The fourth-order valence-corrected chi connectivity index (χ4v) is 1.40. The first-order chi connectivity index (χ1) is 8.90. The van der Waals surface area contributed by atoms with Gasteiger partial charge in [0.2, 0.25) is 0 Å². The van der Waals surface area contributed by atoms with Gasteiger partial charge in [0.25, 0.3) is 0 Å². The maximum atomic E-state index is 11.8. The summed E-state index contributed by atoms with van der Waals surface area (Å²) in [5.41, 5.74) is 0. The lowest BCUT2D eigenvalue weighted by atomic mass is 10.2. The Morgan fingerprint density at radius 1 is 1.32 bits per heavy atom. The zero-order valence-electron chi connectivity index (χ0n) is 11.6. The fraction of sp³-hybridized carbons (Fsp3) is 0.750. The molecule has 2 N–H and O–H groups in total. The molecule has 7 nitrogen and oxygen atoms in total. The van der Waals surface area contributed by atoms with Gasteiger partial charge in [-0.25, -0.2) is 4.79 Å². The molecular weight excluding hydrogens is 252 g/mol. The van der Waals surface area contributed by atoms with Crippen molar-refractivity contribution in [2.24, 2.45) is 0 Å². The largest absolute Gasteiger partial charge is 0.481 e. The Morgan fingerprint density at radius 3 is 2.42 bits per heavy atom. The number of urea groups is 1. The van der Waals surface area contributed by atoms with E-state index in [-0.39, 0.29) is 25.6 Å². The Bertz CT molecular complexity index is 319. The predicted molar refractivity (Wildman–Crippen MR) is 68.7 cm³/mol. The van der Waals surface area contributed by atoms with Crippen LogP contribution >= 0.6 is 0 Å². The van der Waals surface area contributed by atoms with Crippen LogP contribution in [0.2, 0.25) is 0 Å². The van der Waals surface area contributed by atoms with Crippen molar-refractivity contribution in [1.29, 1.82) is 0 Å². The molecule has 1 unspecified atom stereocenters. The van der Waals surface area contributed by atoms with Gasteiger partial charge in [0.05, 0.1) is 6.61 Å². The minimum atomic E-state index is -0.903. The van der Waals surface area contributed by atoms with Gasteiger partial charge in [0.1, 0.15) is 6.54 Å². The van der Waals surface area contributed by atoms with Crippen LogP contribution in [0.25, 0.3) is 0 Å². The molecule has 0 bridgehead atoms. The van der Waals surface area contributed by atoms with E-state index in [0.29, 0.717) is 13.0 Å². The van der Waals surface area contributed by atoms with Crippen molar-refractivity contribution in [1.82, 2.24) is 10.2 Å². The number of carbonyl (C=O) groups excluding carboxylic acids is 2. The molecule has 0 aromatic rings. The standard InChI is InChI=1S/C12H22N2O5/c1-4-14(8-11(17)19-5-2)12(18)13-9(3)6-7-10(15)16/h9H,4-8H2,1-3H3,(H,13,18)(H,15,16). The molecule has 0 saturated heterocycles. The Balaban J connectivity index is 4.19. The number of esters is 1. The van der Waals surface area contributed by atoms with E-state index < -0.39 is 18.0 Å². The minimum Gasteiger partial charge on any atom is -0.481 e. The summed E-state index contributed by atoms with van der Waals surface area (Å²) in [5.74, 6) is -1.36. The van der Waals surface area contributed by atoms with Crippen LogP contribution in [0.15, 0.2) is 0 Å². The summed E-state index contributed by atoms with van der Waals surface area (Å²) in [6.45, 7) is 5.70. The Morgan fingerprint density at radius 2 is 1.95 bits per heavy atom. The lowest BCUT2D eigenvalue weighted by molar-refractivity contribution is -0.143.